The molecule has 0 saturated heterocycles. The van der Waals surface area contributed by atoms with Crippen LogP contribution in [0.15, 0.2) is 0 Å². The molecule has 0 fully saturated rings. The molecule has 0 aliphatic carbocycles. The van der Waals surface area contributed by atoms with E-state index in [2.05, 4.69) is 13.8 Å². The standard InChI is InChI=1S/C12H24O3/c1-3-5-7-9-11(15-12(13)14)10-8-6-4-2/h11H,3-10H2,1-2H3,(H,13,14). The van der Waals surface area contributed by atoms with Crippen LogP contribution in [0.25, 0.3) is 0 Å². The Balaban J connectivity index is 3.68. The first-order valence-corrected chi connectivity index (χ1v) is 6.10. The van der Waals surface area contributed by atoms with Crippen molar-refractivity contribution >= 4 is 6.16 Å². The third-order valence-corrected chi connectivity index (χ3v) is 2.53. The lowest BCUT2D eigenvalue weighted by Crippen LogP contribution is -2.16. The molecule has 0 bridgehead atoms. The lowest BCUT2D eigenvalue weighted by molar-refractivity contribution is 0.0424. The van der Waals surface area contributed by atoms with Crippen molar-refractivity contribution in [2.24, 2.45) is 0 Å². The summed E-state index contributed by atoms with van der Waals surface area (Å²) in [5.74, 6) is 0. The van der Waals surface area contributed by atoms with Crippen LogP contribution in [0.3, 0.4) is 0 Å². The van der Waals surface area contributed by atoms with Gasteiger partial charge in [0, 0.05) is 0 Å². The molecule has 0 unspecified atom stereocenters. The van der Waals surface area contributed by atoms with Gasteiger partial charge in [-0.05, 0) is 25.7 Å². The molecular weight excluding hydrogens is 192 g/mol. The molecule has 0 aromatic heterocycles. The van der Waals surface area contributed by atoms with Crippen molar-refractivity contribution in [2.75, 3.05) is 0 Å². The Labute approximate surface area is 92.8 Å². The maximum Gasteiger partial charge on any atom is 0.506 e. The molecule has 0 spiro atoms. The third-order valence-electron chi connectivity index (χ3n) is 2.53. The predicted octanol–water partition coefficient (Wildman–Crippen LogP) is 4.21. The Kier molecular flexibility index (Phi) is 9.33. The molecule has 0 saturated carbocycles. The van der Waals surface area contributed by atoms with Crippen molar-refractivity contribution in [1.29, 1.82) is 0 Å². The second kappa shape index (κ2) is 9.81. The van der Waals surface area contributed by atoms with Crippen molar-refractivity contribution in [2.45, 2.75) is 71.3 Å². The van der Waals surface area contributed by atoms with Crippen LogP contribution in [0.5, 0.6) is 0 Å². The van der Waals surface area contributed by atoms with Gasteiger partial charge in [-0.3, -0.25) is 0 Å². The normalized spacial score (nSPS) is 10.6. The van der Waals surface area contributed by atoms with Crippen LogP contribution in [0, 0.1) is 0 Å². The summed E-state index contributed by atoms with van der Waals surface area (Å²) in [6.45, 7) is 4.29. The van der Waals surface area contributed by atoms with Crippen molar-refractivity contribution in [3.05, 3.63) is 0 Å². The molecule has 15 heavy (non-hydrogen) atoms. The SMILES string of the molecule is CCCCCC(CCCCC)OC(=O)O. The first kappa shape index (κ1) is 14.3. The topological polar surface area (TPSA) is 46.5 Å². The Morgan fingerprint density at radius 3 is 1.87 bits per heavy atom. The zero-order chi connectivity index (χ0) is 11.5. The molecule has 0 aliphatic heterocycles. The minimum absolute atomic E-state index is 0.0828. The van der Waals surface area contributed by atoms with Gasteiger partial charge in [0.05, 0.1) is 0 Å². The zero-order valence-electron chi connectivity index (χ0n) is 10.00. The molecule has 3 heteroatoms. The maximum absolute atomic E-state index is 10.5. The first-order chi connectivity index (χ1) is 7.20. The maximum atomic E-state index is 10.5. The monoisotopic (exact) mass is 216 g/mol. The summed E-state index contributed by atoms with van der Waals surface area (Å²) in [5.41, 5.74) is 0. The average molecular weight is 216 g/mol. The van der Waals surface area contributed by atoms with E-state index in [0.29, 0.717) is 0 Å². The van der Waals surface area contributed by atoms with E-state index in [0.717, 1.165) is 51.4 Å². The molecule has 0 aliphatic rings. The van der Waals surface area contributed by atoms with E-state index in [1.54, 1.807) is 0 Å². The predicted molar refractivity (Wildman–Crippen MR) is 61.2 cm³/mol. The smallest absolute Gasteiger partial charge is 0.450 e. The van der Waals surface area contributed by atoms with Gasteiger partial charge < -0.3 is 9.84 Å². The number of unbranched alkanes of at least 4 members (excludes halogenated alkanes) is 4. The molecule has 0 amide bonds. The van der Waals surface area contributed by atoms with Crippen molar-refractivity contribution in [1.82, 2.24) is 0 Å². The average Bonchev–Trinajstić information content (AvgIpc) is 2.17. The van der Waals surface area contributed by atoms with Crippen LogP contribution in [-0.4, -0.2) is 17.4 Å². The zero-order valence-corrected chi connectivity index (χ0v) is 10.00. The van der Waals surface area contributed by atoms with Gasteiger partial charge in [0.15, 0.2) is 0 Å². The molecule has 3 nitrogen and oxygen atoms in total. The Bertz CT molecular complexity index is 147. The van der Waals surface area contributed by atoms with Crippen LogP contribution in [-0.2, 0) is 4.74 Å². The molecule has 0 heterocycles. The van der Waals surface area contributed by atoms with Gasteiger partial charge in [-0.1, -0.05) is 39.5 Å². The van der Waals surface area contributed by atoms with E-state index in [-0.39, 0.29) is 6.10 Å². The fourth-order valence-corrected chi connectivity index (χ4v) is 1.65. The number of carbonyl (C=O) groups is 1. The number of hydrogen-bond acceptors (Lipinski definition) is 2. The highest BCUT2D eigenvalue weighted by molar-refractivity contribution is 5.57. The number of rotatable bonds is 9. The fraction of sp³-hybridized carbons (Fsp3) is 0.917. The molecule has 0 atom stereocenters. The van der Waals surface area contributed by atoms with Crippen molar-refractivity contribution < 1.29 is 14.6 Å². The summed E-state index contributed by atoms with van der Waals surface area (Å²) in [6, 6.07) is 0. The van der Waals surface area contributed by atoms with Crippen LogP contribution in [0.2, 0.25) is 0 Å². The van der Waals surface area contributed by atoms with E-state index in [9.17, 15) is 4.79 Å². The van der Waals surface area contributed by atoms with E-state index in [1.165, 1.54) is 0 Å². The molecule has 0 rings (SSSR count). The summed E-state index contributed by atoms with van der Waals surface area (Å²) >= 11 is 0. The highest BCUT2D eigenvalue weighted by atomic mass is 16.7. The molecular formula is C12H24O3. The lowest BCUT2D eigenvalue weighted by Gasteiger charge is -2.15. The molecule has 1 N–H and O–H groups in total. The highest BCUT2D eigenvalue weighted by Crippen LogP contribution is 2.14. The second-order valence-electron chi connectivity index (χ2n) is 4.00. The third kappa shape index (κ3) is 9.57. The summed E-state index contributed by atoms with van der Waals surface area (Å²) in [4.78, 5) is 10.5. The molecule has 90 valence electrons. The van der Waals surface area contributed by atoms with Gasteiger partial charge in [0.25, 0.3) is 0 Å². The van der Waals surface area contributed by atoms with Crippen LogP contribution >= 0.6 is 0 Å². The van der Waals surface area contributed by atoms with Gasteiger partial charge in [-0.2, -0.15) is 0 Å². The van der Waals surface area contributed by atoms with Gasteiger partial charge in [0.1, 0.15) is 6.10 Å². The second-order valence-corrected chi connectivity index (χ2v) is 4.00. The van der Waals surface area contributed by atoms with Crippen molar-refractivity contribution in [3.8, 4) is 0 Å². The Morgan fingerprint density at radius 2 is 1.53 bits per heavy atom. The summed E-state index contributed by atoms with van der Waals surface area (Å²) in [7, 11) is 0. The molecule has 0 aromatic rings. The minimum Gasteiger partial charge on any atom is -0.450 e. The van der Waals surface area contributed by atoms with E-state index < -0.39 is 6.16 Å². The Hall–Kier alpha value is -0.730. The number of carboxylic acid groups (broad SMARTS) is 1. The van der Waals surface area contributed by atoms with E-state index in [1.807, 2.05) is 0 Å². The van der Waals surface area contributed by atoms with Gasteiger partial charge in [-0.15, -0.1) is 0 Å². The quantitative estimate of drug-likeness (QED) is 0.464. The van der Waals surface area contributed by atoms with Gasteiger partial charge in [-0.25, -0.2) is 4.79 Å². The highest BCUT2D eigenvalue weighted by Gasteiger charge is 2.12. The number of hydrogen-bond donors (Lipinski definition) is 1. The van der Waals surface area contributed by atoms with Crippen LogP contribution in [0.4, 0.5) is 4.79 Å². The fourth-order valence-electron chi connectivity index (χ4n) is 1.65. The van der Waals surface area contributed by atoms with E-state index in [4.69, 9.17) is 9.84 Å². The largest absolute Gasteiger partial charge is 0.506 e. The van der Waals surface area contributed by atoms with Gasteiger partial charge >= 0.3 is 6.16 Å². The Morgan fingerprint density at radius 1 is 1.07 bits per heavy atom. The molecule has 0 radical (unpaired) electrons. The first-order valence-electron chi connectivity index (χ1n) is 6.10. The minimum atomic E-state index is -1.13. The van der Waals surface area contributed by atoms with Gasteiger partial charge in [0.2, 0.25) is 0 Å². The molecule has 0 aromatic carbocycles. The summed E-state index contributed by atoms with van der Waals surface area (Å²) < 4.78 is 4.86. The van der Waals surface area contributed by atoms with E-state index >= 15 is 0 Å². The van der Waals surface area contributed by atoms with Crippen molar-refractivity contribution in [3.63, 3.8) is 0 Å². The lowest BCUT2D eigenvalue weighted by atomic mass is 10.0. The van der Waals surface area contributed by atoms with Crippen LogP contribution < -0.4 is 0 Å². The summed E-state index contributed by atoms with van der Waals surface area (Å²) in [5, 5.41) is 8.57. The summed E-state index contributed by atoms with van der Waals surface area (Å²) in [6.07, 6.45) is 7.33. The number of ether oxygens (including phenoxy) is 1. The van der Waals surface area contributed by atoms with Crippen LogP contribution in [0.1, 0.15) is 65.2 Å².